The zero-order chi connectivity index (χ0) is 17.2. The molecule has 134 valence electrons. The number of H-pyrrole nitrogens is 1. The smallest absolute Gasteiger partial charge is 0.124 e. The number of para-hydroxylation sites is 1. The molecule has 0 spiro atoms. The summed E-state index contributed by atoms with van der Waals surface area (Å²) in [5, 5.41) is 1.26. The summed E-state index contributed by atoms with van der Waals surface area (Å²) in [6.45, 7) is 4.31. The average Bonchev–Trinajstić information content (AvgIpc) is 3.10. The van der Waals surface area contributed by atoms with Gasteiger partial charge in [-0.15, -0.1) is 0 Å². The molecule has 2 heterocycles. The zero-order valence-corrected chi connectivity index (χ0v) is 15.3. The lowest BCUT2D eigenvalue weighted by Crippen LogP contribution is -2.49. The van der Waals surface area contributed by atoms with E-state index < -0.39 is 0 Å². The van der Waals surface area contributed by atoms with Gasteiger partial charge in [0.15, 0.2) is 0 Å². The van der Waals surface area contributed by atoms with E-state index in [1.165, 1.54) is 67.8 Å². The second-order valence-electron chi connectivity index (χ2n) is 8.13. The Balaban J connectivity index is 1.52. The van der Waals surface area contributed by atoms with E-state index in [1.807, 2.05) is 0 Å². The molecule has 1 aromatic heterocycles. The summed E-state index contributed by atoms with van der Waals surface area (Å²) in [7, 11) is 0. The van der Waals surface area contributed by atoms with E-state index in [0.29, 0.717) is 0 Å². The third kappa shape index (κ3) is 3.27. The number of nitrogens with one attached hydrogen (secondary N) is 1. The number of piperidine rings is 1. The quantitative estimate of drug-likeness (QED) is 0.799. The number of aromatic amines is 1. The van der Waals surface area contributed by atoms with E-state index in [0.717, 1.165) is 18.5 Å². The topological polar surface area (TPSA) is 36.1 Å². The van der Waals surface area contributed by atoms with Crippen LogP contribution in [0.4, 0.5) is 0 Å². The van der Waals surface area contributed by atoms with Crippen LogP contribution in [0.1, 0.15) is 56.9 Å². The number of likely N-dealkylation sites (tertiary alicyclic amines) is 1. The minimum Gasteiger partial charge on any atom is -0.361 e. The van der Waals surface area contributed by atoms with Gasteiger partial charge in [-0.3, -0.25) is 4.90 Å². The van der Waals surface area contributed by atoms with Crippen molar-refractivity contribution in [3.8, 4) is 0 Å². The molecule has 1 aliphatic heterocycles. The highest BCUT2D eigenvalue weighted by Crippen LogP contribution is 2.37. The Labute approximate surface area is 150 Å². The van der Waals surface area contributed by atoms with Crippen LogP contribution in [0.25, 0.3) is 10.9 Å². The molecule has 4 atom stereocenters. The summed E-state index contributed by atoms with van der Waals surface area (Å²) in [6, 6.07) is 9.14. The van der Waals surface area contributed by atoms with Crippen LogP contribution in [0.3, 0.4) is 0 Å². The van der Waals surface area contributed by atoms with Crippen molar-refractivity contribution in [3.63, 3.8) is 0 Å². The lowest BCUT2D eigenvalue weighted by atomic mass is 9.77. The van der Waals surface area contributed by atoms with Crippen molar-refractivity contribution in [1.29, 1.82) is 0 Å². The monoisotopic (exact) mass is 338 g/mol. The van der Waals surface area contributed by atoms with E-state index in [1.54, 1.807) is 0 Å². The van der Waals surface area contributed by atoms with Crippen LogP contribution in [0.15, 0.2) is 30.5 Å². The van der Waals surface area contributed by atoms with E-state index in [2.05, 4.69) is 47.3 Å². The van der Waals surface area contributed by atoms with Crippen LogP contribution in [0, 0.1) is 11.8 Å². The molecule has 3 nitrogen and oxygen atoms in total. The first-order valence-corrected chi connectivity index (χ1v) is 10.0. The highest BCUT2D eigenvalue weighted by molar-refractivity contribution is 5.84. The standard InChI is InChI=1S/C22H30N2O/c1-16(20-13-23-21-10-4-3-9-19(20)21)18(15-25)14-24-12-6-8-17-7-2-5-11-22(17)24/h3-4,9-10,13,15-18,22-23H,2,5-8,11-12,14H2,1H3. The number of rotatable bonds is 5. The summed E-state index contributed by atoms with van der Waals surface area (Å²) in [5.74, 6) is 1.19. The van der Waals surface area contributed by atoms with Crippen molar-refractivity contribution in [2.24, 2.45) is 11.8 Å². The fourth-order valence-electron chi connectivity index (χ4n) is 5.25. The van der Waals surface area contributed by atoms with Crippen LogP contribution >= 0.6 is 0 Å². The summed E-state index contributed by atoms with van der Waals surface area (Å²) in [6.07, 6.45) is 11.5. The highest BCUT2D eigenvalue weighted by atomic mass is 16.1. The number of aromatic nitrogens is 1. The minimum absolute atomic E-state index is 0.0693. The Bertz CT molecular complexity index is 720. The maximum atomic E-state index is 12.0. The molecule has 3 heteroatoms. The van der Waals surface area contributed by atoms with Crippen molar-refractivity contribution in [1.82, 2.24) is 9.88 Å². The Morgan fingerprint density at radius 2 is 2.00 bits per heavy atom. The molecule has 1 aromatic carbocycles. The molecule has 2 fully saturated rings. The fraction of sp³-hybridized carbons (Fsp3) is 0.591. The van der Waals surface area contributed by atoms with E-state index in [9.17, 15) is 4.79 Å². The van der Waals surface area contributed by atoms with Gasteiger partial charge in [0.05, 0.1) is 0 Å². The lowest BCUT2D eigenvalue weighted by Gasteiger charge is -2.45. The molecule has 1 saturated heterocycles. The van der Waals surface area contributed by atoms with Gasteiger partial charge >= 0.3 is 0 Å². The van der Waals surface area contributed by atoms with Gasteiger partial charge in [0, 0.05) is 35.6 Å². The molecule has 2 aliphatic rings. The second-order valence-corrected chi connectivity index (χ2v) is 8.13. The first kappa shape index (κ1) is 16.8. The number of benzene rings is 1. The van der Waals surface area contributed by atoms with Gasteiger partial charge in [-0.05, 0) is 55.7 Å². The minimum atomic E-state index is 0.0693. The maximum Gasteiger partial charge on any atom is 0.124 e. The Morgan fingerprint density at radius 1 is 1.20 bits per heavy atom. The number of aldehydes is 1. The molecule has 0 bridgehead atoms. The molecule has 1 aliphatic carbocycles. The van der Waals surface area contributed by atoms with Crippen LogP contribution in [-0.2, 0) is 4.79 Å². The van der Waals surface area contributed by atoms with Crippen molar-refractivity contribution < 1.29 is 4.79 Å². The summed E-state index contributed by atoms with van der Waals surface area (Å²) in [5.41, 5.74) is 2.45. The van der Waals surface area contributed by atoms with Gasteiger partial charge in [-0.2, -0.15) is 0 Å². The van der Waals surface area contributed by atoms with Crippen molar-refractivity contribution in [3.05, 3.63) is 36.0 Å². The van der Waals surface area contributed by atoms with Crippen molar-refractivity contribution >= 4 is 17.2 Å². The van der Waals surface area contributed by atoms with E-state index in [-0.39, 0.29) is 11.8 Å². The van der Waals surface area contributed by atoms with Crippen LogP contribution in [0.2, 0.25) is 0 Å². The van der Waals surface area contributed by atoms with Gasteiger partial charge < -0.3 is 9.78 Å². The maximum absolute atomic E-state index is 12.0. The third-order valence-electron chi connectivity index (χ3n) is 6.73. The molecule has 0 amide bonds. The molecule has 4 unspecified atom stereocenters. The lowest BCUT2D eigenvalue weighted by molar-refractivity contribution is -0.112. The third-order valence-corrected chi connectivity index (χ3v) is 6.73. The summed E-state index contributed by atoms with van der Waals surface area (Å²) < 4.78 is 0. The molecule has 2 aromatic rings. The highest BCUT2D eigenvalue weighted by Gasteiger charge is 2.35. The zero-order valence-electron chi connectivity index (χ0n) is 15.3. The number of carbonyl (C=O) groups excluding carboxylic acids is 1. The molecule has 1 N–H and O–H groups in total. The first-order chi connectivity index (χ1) is 12.3. The molecule has 0 radical (unpaired) electrons. The van der Waals surface area contributed by atoms with Gasteiger partial charge in [0.25, 0.3) is 0 Å². The number of fused-ring (bicyclic) bond motifs is 2. The molecular weight excluding hydrogens is 308 g/mol. The van der Waals surface area contributed by atoms with Crippen LogP contribution < -0.4 is 0 Å². The number of nitrogens with zero attached hydrogens (tertiary/aromatic N) is 1. The van der Waals surface area contributed by atoms with Crippen molar-refractivity contribution in [2.45, 2.75) is 57.4 Å². The van der Waals surface area contributed by atoms with Crippen LogP contribution in [0.5, 0.6) is 0 Å². The van der Waals surface area contributed by atoms with Crippen LogP contribution in [-0.4, -0.2) is 35.3 Å². The predicted molar refractivity (Wildman–Crippen MR) is 103 cm³/mol. The number of hydrogen-bond acceptors (Lipinski definition) is 2. The molecule has 4 rings (SSSR count). The van der Waals surface area contributed by atoms with Gasteiger partial charge in [0.2, 0.25) is 0 Å². The largest absolute Gasteiger partial charge is 0.361 e. The normalized spacial score (nSPS) is 26.9. The number of carbonyl (C=O) groups is 1. The Hall–Kier alpha value is -1.61. The van der Waals surface area contributed by atoms with Gasteiger partial charge in [-0.1, -0.05) is 38.0 Å². The number of hydrogen-bond donors (Lipinski definition) is 1. The molecule has 1 saturated carbocycles. The van der Waals surface area contributed by atoms with E-state index >= 15 is 0 Å². The molecular formula is C22H30N2O. The van der Waals surface area contributed by atoms with Gasteiger partial charge in [0.1, 0.15) is 6.29 Å². The summed E-state index contributed by atoms with van der Waals surface area (Å²) in [4.78, 5) is 18.0. The second kappa shape index (κ2) is 7.33. The summed E-state index contributed by atoms with van der Waals surface area (Å²) >= 11 is 0. The van der Waals surface area contributed by atoms with Gasteiger partial charge in [-0.25, -0.2) is 0 Å². The van der Waals surface area contributed by atoms with E-state index in [4.69, 9.17) is 0 Å². The first-order valence-electron chi connectivity index (χ1n) is 10.0. The SMILES string of the molecule is CC(c1c[nH]c2ccccc12)C(C=O)CN1CCCC2CCCCC21. The Kier molecular flexibility index (Phi) is 4.93. The van der Waals surface area contributed by atoms with Crippen molar-refractivity contribution in [2.75, 3.05) is 13.1 Å². The average molecular weight is 338 g/mol. The predicted octanol–water partition coefficient (Wildman–Crippen LogP) is 4.74. The molecule has 25 heavy (non-hydrogen) atoms. The Morgan fingerprint density at radius 3 is 2.88 bits per heavy atom. The fourth-order valence-corrected chi connectivity index (χ4v) is 5.25.